The number of ether oxygens (including phenoxy) is 1. The van der Waals surface area contributed by atoms with Crippen molar-refractivity contribution in [2.24, 2.45) is 22.4 Å². The number of hydrogen-bond acceptors (Lipinski definition) is 4. The summed E-state index contributed by atoms with van der Waals surface area (Å²) in [7, 11) is 0. The number of amides is 1. The van der Waals surface area contributed by atoms with E-state index in [0.717, 1.165) is 30.5 Å². The van der Waals surface area contributed by atoms with Gasteiger partial charge in [-0.05, 0) is 117 Å². The van der Waals surface area contributed by atoms with E-state index in [2.05, 4.69) is 40.9 Å². The number of benzene rings is 1. The van der Waals surface area contributed by atoms with Crippen molar-refractivity contribution in [2.75, 3.05) is 6.61 Å². The average molecular weight is 549 g/mol. The quantitative estimate of drug-likeness (QED) is 0.308. The van der Waals surface area contributed by atoms with E-state index in [1.54, 1.807) is 12.8 Å². The molecule has 7 heteroatoms. The van der Waals surface area contributed by atoms with Gasteiger partial charge in [-0.3, -0.25) is 0 Å². The molecule has 3 saturated carbocycles. The minimum Gasteiger partial charge on any atom is -0.449 e. The predicted octanol–water partition coefficient (Wildman–Crippen LogP) is 7.00. The van der Waals surface area contributed by atoms with Crippen LogP contribution in [-0.4, -0.2) is 35.0 Å². The molecule has 1 aromatic carbocycles. The van der Waals surface area contributed by atoms with Gasteiger partial charge in [0, 0.05) is 11.3 Å². The van der Waals surface area contributed by atoms with E-state index in [1.807, 2.05) is 6.92 Å². The molecule has 0 aromatic heterocycles. The zero-order valence-corrected chi connectivity index (χ0v) is 23.3. The zero-order valence-electron chi connectivity index (χ0n) is 23.3. The third kappa shape index (κ3) is 4.22. The molecule has 0 saturated heterocycles. The van der Waals surface area contributed by atoms with Crippen LogP contribution in [0, 0.1) is 29.6 Å². The van der Waals surface area contributed by atoms with Gasteiger partial charge < -0.3 is 9.84 Å². The molecule has 212 valence electrons. The van der Waals surface area contributed by atoms with Crippen molar-refractivity contribution in [3.63, 3.8) is 0 Å². The first-order valence-corrected chi connectivity index (χ1v) is 14.7. The molecule has 0 radical (unpaired) electrons. The van der Waals surface area contributed by atoms with Crippen LogP contribution in [0.25, 0.3) is 0 Å². The Morgan fingerprint density at radius 1 is 1.18 bits per heavy atom. The molecule has 5 nitrogen and oxygen atoms in total. The van der Waals surface area contributed by atoms with Crippen molar-refractivity contribution in [1.82, 2.24) is 5.43 Å². The topological polar surface area (TPSA) is 70.9 Å². The fourth-order valence-corrected chi connectivity index (χ4v) is 8.40. The van der Waals surface area contributed by atoms with Gasteiger partial charge in [0.2, 0.25) is 0 Å². The third-order valence-electron chi connectivity index (χ3n) is 10.6. The number of terminal acetylenes is 1. The molecule has 6 rings (SSSR count). The molecule has 1 amide bonds. The highest BCUT2D eigenvalue weighted by Gasteiger charge is 2.71. The van der Waals surface area contributed by atoms with E-state index >= 15 is 8.78 Å². The molecule has 0 unspecified atom stereocenters. The monoisotopic (exact) mass is 548 g/mol. The SMILES string of the molecule is C#CC(F)(F)[C@]1(O)CC[C@H]2[C@@H]3CCC4=C/C(=N/NC(=O)OCC)CCC4=C3[C@H](c3ccc(C4CC4)cc3)C[C@@]21C. The number of hydrazone groups is 1. The molecule has 0 aliphatic heterocycles. The van der Waals surface area contributed by atoms with Gasteiger partial charge in [-0.25, -0.2) is 10.2 Å². The maximum Gasteiger partial charge on any atom is 0.427 e. The normalized spacial score (nSPS) is 34.4. The molecule has 5 atom stereocenters. The molecule has 1 aromatic rings. The minimum atomic E-state index is -3.59. The molecule has 3 fully saturated rings. The van der Waals surface area contributed by atoms with Crippen LogP contribution in [0.3, 0.4) is 0 Å². The summed E-state index contributed by atoms with van der Waals surface area (Å²) in [6.07, 6.45) is 13.3. The number of carbonyl (C=O) groups is 1. The lowest BCUT2D eigenvalue weighted by Crippen LogP contribution is -2.60. The first-order chi connectivity index (χ1) is 19.1. The van der Waals surface area contributed by atoms with Crippen LogP contribution in [0.5, 0.6) is 0 Å². The van der Waals surface area contributed by atoms with E-state index in [0.29, 0.717) is 25.2 Å². The Bertz CT molecular complexity index is 1340. The zero-order chi connectivity index (χ0) is 28.3. The van der Waals surface area contributed by atoms with Gasteiger partial charge in [0.15, 0.2) is 0 Å². The van der Waals surface area contributed by atoms with Crippen molar-refractivity contribution in [1.29, 1.82) is 0 Å². The number of fused-ring (bicyclic) bond motifs is 4. The number of halogens is 2. The van der Waals surface area contributed by atoms with Gasteiger partial charge in [0.1, 0.15) is 5.60 Å². The summed E-state index contributed by atoms with van der Waals surface area (Å²) >= 11 is 0. The van der Waals surface area contributed by atoms with E-state index in [1.165, 1.54) is 35.1 Å². The first-order valence-electron chi connectivity index (χ1n) is 14.7. The first kappa shape index (κ1) is 27.2. The molecule has 0 spiro atoms. The molecule has 0 heterocycles. The van der Waals surface area contributed by atoms with Crippen LogP contribution < -0.4 is 5.43 Å². The molecular weight excluding hydrogens is 510 g/mol. The minimum absolute atomic E-state index is 0.0108. The standard InChI is InChI=1S/C33H38F2N2O3/c1-4-33(34,35)32(39)17-16-28-26-14-12-23-18-24(36-37-30(38)40-5-2)13-15-25(23)29(26)27(19-31(28,32)3)22-10-8-21(9-11-22)20-6-7-20/h1,8-11,18,20,26-28,39H,5-7,12-17,19H2,2-3H3,(H,37,38)/b36-24+/t26-,27-,28-,31-,32-/m0/s1. The number of allylic oxidation sites excluding steroid dienone is 4. The van der Waals surface area contributed by atoms with Crippen LogP contribution in [0.1, 0.15) is 94.6 Å². The maximum atomic E-state index is 15.3. The van der Waals surface area contributed by atoms with Crippen LogP contribution in [0.4, 0.5) is 13.6 Å². The average Bonchev–Trinajstić information content (AvgIpc) is 3.76. The van der Waals surface area contributed by atoms with Gasteiger partial charge >= 0.3 is 12.0 Å². The van der Waals surface area contributed by atoms with E-state index in [9.17, 15) is 9.90 Å². The molecular formula is C33H38F2N2O3. The van der Waals surface area contributed by atoms with Gasteiger partial charge in [-0.1, -0.05) is 36.8 Å². The van der Waals surface area contributed by atoms with Crippen LogP contribution in [0.2, 0.25) is 0 Å². The maximum absolute atomic E-state index is 15.3. The number of rotatable bonds is 5. The van der Waals surface area contributed by atoms with E-state index in [4.69, 9.17) is 11.2 Å². The molecule has 0 bridgehead atoms. The van der Waals surface area contributed by atoms with Gasteiger partial charge in [0.05, 0.1) is 12.3 Å². The van der Waals surface area contributed by atoms with Gasteiger partial charge in [0.25, 0.3) is 0 Å². The number of hydrogen-bond donors (Lipinski definition) is 2. The summed E-state index contributed by atoms with van der Waals surface area (Å²) in [6, 6.07) is 8.75. The highest BCUT2D eigenvalue weighted by Crippen LogP contribution is 2.69. The Labute approximate surface area is 235 Å². The lowest BCUT2D eigenvalue weighted by molar-refractivity contribution is -0.209. The Hall–Kier alpha value is -2.98. The fraction of sp³-hybridized carbons (Fsp3) is 0.576. The molecule has 40 heavy (non-hydrogen) atoms. The fourth-order valence-electron chi connectivity index (χ4n) is 8.40. The van der Waals surface area contributed by atoms with Crippen molar-refractivity contribution >= 4 is 11.8 Å². The highest BCUT2D eigenvalue weighted by atomic mass is 19.3. The Balaban J connectivity index is 1.42. The van der Waals surface area contributed by atoms with Gasteiger partial charge in [-0.15, -0.1) is 6.42 Å². The van der Waals surface area contributed by atoms with Crippen LogP contribution in [-0.2, 0) is 4.74 Å². The summed E-state index contributed by atoms with van der Waals surface area (Å²) in [5.74, 6) is -1.34. The smallest absolute Gasteiger partial charge is 0.427 e. The summed E-state index contributed by atoms with van der Waals surface area (Å²) in [4.78, 5) is 11.8. The van der Waals surface area contributed by atoms with E-state index in [-0.39, 0.29) is 30.8 Å². The second-order valence-electron chi connectivity index (χ2n) is 12.5. The van der Waals surface area contributed by atoms with Gasteiger partial charge in [-0.2, -0.15) is 13.9 Å². The number of carbonyl (C=O) groups excluding carboxylic acids is 1. The van der Waals surface area contributed by atoms with Crippen LogP contribution in [0.15, 0.2) is 52.2 Å². The second-order valence-corrected chi connectivity index (χ2v) is 12.5. The number of alkyl halides is 2. The Morgan fingerprint density at radius 2 is 1.90 bits per heavy atom. The predicted molar refractivity (Wildman–Crippen MR) is 150 cm³/mol. The Kier molecular flexibility index (Phi) is 6.69. The van der Waals surface area contributed by atoms with Crippen LogP contribution >= 0.6 is 0 Å². The summed E-state index contributed by atoms with van der Waals surface area (Å²) in [5, 5.41) is 16.0. The lowest BCUT2D eigenvalue weighted by Gasteiger charge is -2.55. The number of nitrogens with zero attached hydrogens (tertiary/aromatic N) is 1. The molecule has 5 aliphatic rings. The van der Waals surface area contributed by atoms with Crippen molar-refractivity contribution in [2.45, 2.75) is 95.0 Å². The Morgan fingerprint density at radius 3 is 2.58 bits per heavy atom. The molecule has 2 N–H and O–H groups in total. The summed E-state index contributed by atoms with van der Waals surface area (Å²) in [5.41, 5.74) is 6.38. The lowest BCUT2D eigenvalue weighted by atomic mass is 9.50. The third-order valence-corrected chi connectivity index (χ3v) is 10.6. The molecule has 5 aliphatic carbocycles. The number of nitrogens with one attached hydrogen (secondary N) is 1. The largest absolute Gasteiger partial charge is 0.449 e. The van der Waals surface area contributed by atoms with Crippen molar-refractivity contribution in [3.05, 3.63) is 58.2 Å². The summed E-state index contributed by atoms with van der Waals surface area (Å²) in [6.45, 7) is 3.89. The summed E-state index contributed by atoms with van der Waals surface area (Å²) < 4.78 is 35.5. The second kappa shape index (κ2) is 9.83. The highest BCUT2D eigenvalue weighted by molar-refractivity contribution is 5.98. The number of aliphatic hydroxyl groups is 1. The van der Waals surface area contributed by atoms with Crippen molar-refractivity contribution < 1.29 is 23.4 Å². The van der Waals surface area contributed by atoms with E-state index < -0.39 is 23.0 Å². The van der Waals surface area contributed by atoms with Crippen molar-refractivity contribution in [3.8, 4) is 12.3 Å².